The number of pyridine rings is 3. The van der Waals surface area contributed by atoms with E-state index in [1.54, 1.807) is 29.2 Å². The summed E-state index contributed by atoms with van der Waals surface area (Å²) in [5.74, 6) is -0.161. The predicted octanol–water partition coefficient (Wildman–Crippen LogP) is 2.14. The number of nitrogens with zero attached hydrogens (tertiary/aromatic N) is 4. The Morgan fingerprint density at radius 1 is 1.19 bits per heavy atom. The molecule has 0 bridgehead atoms. The molecule has 0 radical (unpaired) electrons. The highest BCUT2D eigenvalue weighted by molar-refractivity contribution is 5.97. The van der Waals surface area contributed by atoms with E-state index in [1.807, 2.05) is 25.4 Å². The lowest BCUT2D eigenvalue weighted by Gasteiger charge is -2.04. The average Bonchev–Trinajstić information content (AvgIpc) is 3.07. The third-order valence-electron chi connectivity index (χ3n) is 4.07. The number of nitrogens with one attached hydrogen (secondary N) is 1. The van der Waals surface area contributed by atoms with Gasteiger partial charge >= 0.3 is 0 Å². The third-order valence-corrected chi connectivity index (χ3v) is 4.07. The molecule has 4 aromatic heterocycles. The maximum atomic E-state index is 12.4. The van der Waals surface area contributed by atoms with Gasteiger partial charge in [-0.15, -0.1) is 0 Å². The molecule has 0 aliphatic heterocycles. The highest BCUT2D eigenvalue weighted by atomic mass is 16.1. The van der Waals surface area contributed by atoms with Crippen LogP contribution in [0.4, 0.5) is 0 Å². The summed E-state index contributed by atoms with van der Waals surface area (Å²) in [6.45, 7) is 0. The van der Waals surface area contributed by atoms with E-state index >= 15 is 0 Å². The first-order valence-corrected chi connectivity index (χ1v) is 8.05. The number of fused-ring (bicyclic) bond motifs is 1. The first kappa shape index (κ1) is 15.9. The summed E-state index contributed by atoms with van der Waals surface area (Å²) >= 11 is 0. The van der Waals surface area contributed by atoms with Crippen molar-refractivity contribution in [2.75, 3.05) is 0 Å². The van der Waals surface area contributed by atoms with Gasteiger partial charge in [0.05, 0.1) is 29.5 Å². The molecule has 0 aliphatic carbocycles. The Morgan fingerprint density at radius 2 is 2.08 bits per heavy atom. The van der Waals surface area contributed by atoms with E-state index in [-0.39, 0.29) is 17.8 Å². The van der Waals surface area contributed by atoms with Crippen LogP contribution in [0.3, 0.4) is 0 Å². The third kappa shape index (κ3) is 3.14. The largest absolute Gasteiger partial charge is 0.329 e. The number of aromatic amines is 1. The van der Waals surface area contributed by atoms with Gasteiger partial charge in [-0.3, -0.25) is 19.3 Å². The lowest BCUT2D eigenvalue weighted by Crippen LogP contribution is -2.11. The fourth-order valence-electron chi connectivity index (χ4n) is 2.75. The SMILES string of the molecule is Cn1cc(-c2ccc3cnc(CC(=O)c4cc[nH]c(=O)c4)cc3n2)cn1. The van der Waals surface area contributed by atoms with Crippen LogP contribution in [0.15, 0.2) is 59.9 Å². The van der Waals surface area contributed by atoms with Gasteiger partial charge in [0.2, 0.25) is 5.56 Å². The van der Waals surface area contributed by atoms with E-state index in [9.17, 15) is 9.59 Å². The van der Waals surface area contributed by atoms with Crippen LogP contribution in [0.25, 0.3) is 22.2 Å². The molecule has 4 rings (SSSR count). The van der Waals surface area contributed by atoms with Crippen molar-refractivity contribution in [3.63, 3.8) is 0 Å². The highest BCUT2D eigenvalue weighted by Gasteiger charge is 2.10. The Morgan fingerprint density at radius 3 is 2.85 bits per heavy atom. The van der Waals surface area contributed by atoms with Crippen LogP contribution in [0.2, 0.25) is 0 Å². The van der Waals surface area contributed by atoms with Gasteiger partial charge in [-0.05, 0) is 24.3 Å². The first-order valence-electron chi connectivity index (χ1n) is 8.05. The minimum absolute atomic E-state index is 0.109. The minimum atomic E-state index is -0.301. The van der Waals surface area contributed by atoms with E-state index in [0.29, 0.717) is 11.3 Å². The standard InChI is InChI=1S/C19H15N5O2/c1-24-11-14(10-22-24)16-3-2-13-9-21-15(7-17(13)23-16)8-18(25)12-4-5-20-19(26)6-12/h2-7,9-11H,8H2,1H3,(H,20,26). The Hall–Kier alpha value is -3.61. The molecule has 0 atom stereocenters. The Kier molecular flexibility index (Phi) is 3.89. The highest BCUT2D eigenvalue weighted by Crippen LogP contribution is 2.20. The van der Waals surface area contributed by atoms with Crippen molar-refractivity contribution < 1.29 is 4.79 Å². The topological polar surface area (TPSA) is 93.5 Å². The number of Topliss-reactive ketones (excluding diaryl/α,β-unsaturated/α-hetero) is 1. The molecule has 0 aliphatic rings. The molecule has 1 N–H and O–H groups in total. The number of aryl methyl sites for hydroxylation is 1. The zero-order valence-corrected chi connectivity index (χ0v) is 14.0. The fraction of sp³-hybridized carbons (Fsp3) is 0.105. The summed E-state index contributed by atoms with van der Waals surface area (Å²) in [6.07, 6.45) is 6.93. The van der Waals surface area contributed by atoms with Crippen LogP contribution in [0, 0.1) is 0 Å². The second-order valence-electron chi connectivity index (χ2n) is 6.01. The number of hydrogen-bond acceptors (Lipinski definition) is 5. The Bertz CT molecular complexity index is 1180. The van der Waals surface area contributed by atoms with Crippen LogP contribution in [-0.2, 0) is 13.5 Å². The summed E-state index contributed by atoms with van der Waals surface area (Å²) in [5, 5.41) is 5.06. The molecular formula is C19H15N5O2. The smallest absolute Gasteiger partial charge is 0.248 e. The van der Waals surface area contributed by atoms with Crippen molar-refractivity contribution in [2.24, 2.45) is 7.05 Å². The maximum absolute atomic E-state index is 12.4. The molecule has 0 unspecified atom stereocenters. The second kappa shape index (κ2) is 6.36. The summed E-state index contributed by atoms with van der Waals surface area (Å²) in [5.41, 5.74) is 3.17. The second-order valence-corrected chi connectivity index (χ2v) is 6.01. The summed E-state index contributed by atoms with van der Waals surface area (Å²) in [6, 6.07) is 8.55. The van der Waals surface area contributed by atoms with Crippen molar-refractivity contribution >= 4 is 16.7 Å². The summed E-state index contributed by atoms with van der Waals surface area (Å²) in [7, 11) is 1.85. The summed E-state index contributed by atoms with van der Waals surface area (Å²) in [4.78, 5) is 35.2. The zero-order valence-electron chi connectivity index (χ0n) is 14.0. The lowest BCUT2D eigenvalue weighted by molar-refractivity contribution is 0.0992. The predicted molar refractivity (Wildman–Crippen MR) is 96.8 cm³/mol. The van der Waals surface area contributed by atoms with Crippen molar-refractivity contribution in [3.8, 4) is 11.3 Å². The first-order chi connectivity index (χ1) is 12.6. The quantitative estimate of drug-likeness (QED) is 0.572. The number of carbonyl (C=O) groups excluding carboxylic acids is 1. The molecule has 4 heterocycles. The minimum Gasteiger partial charge on any atom is -0.329 e. The van der Waals surface area contributed by atoms with Crippen molar-refractivity contribution in [2.45, 2.75) is 6.42 Å². The van der Waals surface area contributed by atoms with Crippen LogP contribution in [0.5, 0.6) is 0 Å². The molecule has 4 aromatic rings. The monoisotopic (exact) mass is 345 g/mol. The number of hydrogen-bond donors (Lipinski definition) is 1. The van der Waals surface area contributed by atoms with Crippen molar-refractivity contribution in [3.05, 3.63) is 76.7 Å². The molecule has 26 heavy (non-hydrogen) atoms. The van der Waals surface area contributed by atoms with Gasteiger partial charge in [-0.2, -0.15) is 5.10 Å². The van der Waals surface area contributed by atoms with Gasteiger partial charge < -0.3 is 4.98 Å². The van der Waals surface area contributed by atoms with E-state index in [4.69, 9.17) is 0 Å². The fourth-order valence-corrected chi connectivity index (χ4v) is 2.75. The zero-order chi connectivity index (χ0) is 18.1. The van der Waals surface area contributed by atoms with Gasteiger partial charge in [-0.25, -0.2) is 4.98 Å². The molecule has 0 amide bonds. The van der Waals surface area contributed by atoms with Crippen molar-refractivity contribution in [1.82, 2.24) is 24.7 Å². The van der Waals surface area contributed by atoms with E-state index in [2.05, 4.69) is 20.1 Å². The molecular weight excluding hydrogens is 330 g/mol. The number of ketones is 1. The van der Waals surface area contributed by atoms with Crippen LogP contribution in [0.1, 0.15) is 16.1 Å². The molecule has 0 aromatic carbocycles. The van der Waals surface area contributed by atoms with Gasteiger partial charge in [0.1, 0.15) is 0 Å². The van der Waals surface area contributed by atoms with Crippen molar-refractivity contribution in [1.29, 1.82) is 0 Å². The molecule has 0 saturated carbocycles. The van der Waals surface area contributed by atoms with E-state index in [1.165, 1.54) is 12.3 Å². The lowest BCUT2D eigenvalue weighted by atomic mass is 10.1. The number of aromatic nitrogens is 5. The average molecular weight is 345 g/mol. The maximum Gasteiger partial charge on any atom is 0.248 e. The van der Waals surface area contributed by atoms with E-state index in [0.717, 1.165) is 22.2 Å². The van der Waals surface area contributed by atoms with Gasteiger partial charge in [0.25, 0.3) is 0 Å². The van der Waals surface area contributed by atoms with Gasteiger partial charge in [0, 0.05) is 48.2 Å². The van der Waals surface area contributed by atoms with Gasteiger partial charge in [-0.1, -0.05) is 0 Å². The number of carbonyl (C=O) groups is 1. The normalized spacial score (nSPS) is 11.0. The van der Waals surface area contributed by atoms with Crippen LogP contribution >= 0.6 is 0 Å². The molecule has 7 heteroatoms. The number of rotatable bonds is 4. The summed E-state index contributed by atoms with van der Waals surface area (Å²) < 4.78 is 1.72. The molecule has 0 fully saturated rings. The number of H-pyrrole nitrogens is 1. The molecule has 7 nitrogen and oxygen atoms in total. The molecule has 128 valence electrons. The Balaban J connectivity index is 1.66. The van der Waals surface area contributed by atoms with E-state index < -0.39 is 0 Å². The van der Waals surface area contributed by atoms with Gasteiger partial charge in [0.15, 0.2) is 5.78 Å². The Labute approximate surface area is 148 Å². The van der Waals surface area contributed by atoms with Crippen LogP contribution in [-0.4, -0.2) is 30.5 Å². The molecule has 0 saturated heterocycles. The van der Waals surface area contributed by atoms with Crippen LogP contribution < -0.4 is 5.56 Å². The molecule has 0 spiro atoms.